The number of nitrogens with one attached hydrogen (secondary N) is 1. The van der Waals surface area contributed by atoms with Crippen LogP contribution in [0.5, 0.6) is 0 Å². The molecule has 1 atom stereocenters. The summed E-state index contributed by atoms with van der Waals surface area (Å²) in [5.74, 6) is 0.405. The smallest absolute Gasteiger partial charge is 0.236 e. The fourth-order valence-corrected chi connectivity index (χ4v) is 3.65. The van der Waals surface area contributed by atoms with E-state index in [0.717, 1.165) is 19.4 Å². The van der Waals surface area contributed by atoms with Crippen molar-refractivity contribution in [3.63, 3.8) is 0 Å². The Kier molecular flexibility index (Phi) is 5.20. The number of thioether (sulfide) groups is 1. The minimum absolute atomic E-state index is 0.134. The second-order valence-electron chi connectivity index (χ2n) is 5.65. The molecule has 24 heavy (non-hydrogen) atoms. The zero-order chi connectivity index (χ0) is 16.9. The lowest BCUT2D eigenvalue weighted by Gasteiger charge is -2.29. The van der Waals surface area contributed by atoms with Crippen LogP contribution in [0.25, 0.3) is 5.57 Å². The minimum Gasteiger partial charge on any atom is -0.368 e. The van der Waals surface area contributed by atoms with Crippen LogP contribution in [0, 0.1) is 0 Å². The van der Waals surface area contributed by atoms with Gasteiger partial charge in [0.05, 0.1) is 5.25 Å². The Balaban J connectivity index is 1.64. The number of nitrogen functional groups attached to an aromatic ring is 1. The molecule has 3 rings (SSSR count). The highest BCUT2D eigenvalue weighted by molar-refractivity contribution is 8.00. The average Bonchev–Trinajstić information content (AvgIpc) is 3.05. The standard InChI is InChI=1S/C17H21N5OS/c1-2-14(24-17-19-16(18)20-21-17)15(23)22-10-8-13(9-11-22)12-6-4-3-5-7-12/h3-8,14H,2,9-11H2,1H3,(H3,18,19,20,21)/t14-/m1/s1. The van der Waals surface area contributed by atoms with Gasteiger partial charge < -0.3 is 10.6 Å². The van der Waals surface area contributed by atoms with Crippen molar-refractivity contribution in [3.05, 3.63) is 42.0 Å². The molecule has 0 aliphatic carbocycles. The zero-order valence-electron chi connectivity index (χ0n) is 13.6. The first-order valence-electron chi connectivity index (χ1n) is 8.05. The van der Waals surface area contributed by atoms with Crippen molar-refractivity contribution >= 4 is 29.2 Å². The van der Waals surface area contributed by atoms with Gasteiger partial charge in [0, 0.05) is 13.1 Å². The molecule has 0 radical (unpaired) electrons. The van der Waals surface area contributed by atoms with Gasteiger partial charge in [0.25, 0.3) is 0 Å². The number of carbonyl (C=O) groups excluding carboxylic acids is 1. The molecule has 126 valence electrons. The van der Waals surface area contributed by atoms with E-state index < -0.39 is 0 Å². The van der Waals surface area contributed by atoms with E-state index in [9.17, 15) is 4.79 Å². The largest absolute Gasteiger partial charge is 0.368 e. The predicted octanol–water partition coefficient (Wildman–Crippen LogP) is 2.57. The summed E-state index contributed by atoms with van der Waals surface area (Å²) in [5, 5.41) is 6.93. The van der Waals surface area contributed by atoms with Crippen LogP contribution in [0.3, 0.4) is 0 Å². The quantitative estimate of drug-likeness (QED) is 0.815. The molecular formula is C17H21N5OS. The summed E-state index contributed by atoms with van der Waals surface area (Å²) >= 11 is 1.36. The Morgan fingerprint density at radius 1 is 1.42 bits per heavy atom. The van der Waals surface area contributed by atoms with E-state index in [1.165, 1.54) is 22.9 Å². The van der Waals surface area contributed by atoms with Gasteiger partial charge in [-0.15, -0.1) is 5.10 Å². The summed E-state index contributed by atoms with van der Waals surface area (Å²) in [6, 6.07) is 10.3. The van der Waals surface area contributed by atoms with Gasteiger partial charge in [-0.2, -0.15) is 4.98 Å². The second-order valence-corrected chi connectivity index (χ2v) is 6.82. The number of nitrogens with two attached hydrogens (primary N) is 1. The van der Waals surface area contributed by atoms with E-state index in [2.05, 4.69) is 33.4 Å². The zero-order valence-corrected chi connectivity index (χ0v) is 14.4. The number of hydrogen-bond donors (Lipinski definition) is 2. The number of carbonyl (C=O) groups is 1. The van der Waals surface area contributed by atoms with Crippen molar-refractivity contribution in [2.75, 3.05) is 18.8 Å². The van der Waals surface area contributed by atoms with Crippen molar-refractivity contribution in [2.45, 2.75) is 30.2 Å². The SMILES string of the molecule is CC[C@@H](Sc1n[nH]c(N)n1)C(=O)N1CC=C(c2ccccc2)CC1. The lowest BCUT2D eigenvalue weighted by Crippen LogP contribution is -2.40. The highest BCUT2D eigenvalue weighted by Crippen LogP contribution is 2.27. The third kappa shape index (κ3) is 3.79. The normalized spacial score (nSPS) is 15.9. The molecule has 1 aromatic heterocycles. The Hall–Kier alpha value is -2.28. The van der Waals surface area contributed by atoms with Gasteiger partial charge in [-0.1, -0.05) is 55.1 Å². The second kappa shape index (κ2) is 7.53. The molecule has 2 aromatic rings. The monoisotopic (exact) mass is 343 g/mol. The van der Waals surface area contributed by atoms with Crippen LogP contribution in [0.2, 0.25) is 0 Å². The first-order valence-corrected chi connectivity index (χ1v) is 8.93. The van der Waals surface area contributed by atoms with Crippen molar-refractivity contribution in [1.82, 2.24) is 20.1 Å². The molecule has 0 fully saturated rings. The fraction of sp³-hybridized carbons (Fsp3) is 0.353. The van der Waals surface area contributed by atoms with Gasteiger partial charge in [0.1, 0.15) is 0 Å². The molecule has 6 nitrogen and oxygen atoms in total. The first-order chi connectivity index (χ1) is 11.7. The fourth-order valence-electron chi connectivity index (χ4n) is 2.73. The van der Waals surface area contributed by atoms with Gasteiger partial charge in [-0.05, 0) is 24.0 Å². The summed E-state index contributed by atoms with van der Waals surface area (Å²) in [6.45, 7) is 3.39. The average molecular weight is 343 g/mol. The molecule has 1 aliphatic heterocycles. The maximum atomic E-state index is 12.8. The maximum absolute atomic E-state index is 12.8. The van der Waals surface area contributed by atoms with Crippen LogP contribution >= 0.6 is 11.8 Å². The van der Waals surface area contributed by atoms with E-state index in [1.54, 1.807) is 0 Å². The van der Waals surface area contributed by atoms with Gasteiger partial charge in [-0.3, -0.25) is 4.79 Å². The molecule has 0 unspecified atom stereocenters. The van der Waals surface area contributed by atoms with Crippen molar-refractivity contribution in [3.8, 4) is 0 Å². The summed E-state index contributed by atoms with van der Waals surface area (Å²) in [7, 11) is 0. The van der Waals surface area contributed by atoms with Crippen LogP contribution in [-0.2, 0) is 4.79 Å². The predicted molar refractivity (Wildman–Crippen MR) is 96.3 cm³/mol. The topological polar surface area (TPSA) is 87.9 Å². The number of aromatic nitrogens is 3. The number of rotatable bonds is 5. The molecule has 1 aliphatic rings. The molecular weight excluding hydrogens is 322 g/mol. The van der Waals surface area contributed by atoms with E-state index in [4.69, 9.17) is 5.73 Å². The number of H-pyrrole nitrogens is 1. The van der Waals surface area contributed by atoms with E-state index in [0.29, 0.717) is 11.7 Å². The highest BCUT2D eigenvalue weighted by Gasteiger charge is 2.26. The number of amides is 1. The van der Waals surface area contributed by atoms with Crippen molar-refractivity contribution < 1.29 is 4.79 Å². The number of nitrogens with zero attached hydrogens (tertiary/aromatic N) is 3. The van der Waals surface area contributed by atoms with Gasteiger partial charge in [-0.25, -0.2) is 5.10 Å². The third-order valence-corrected chi connectivity index (χ3v) is 5.25. The Labute approximate surface area is 145 Å². The van der Waals surface area contributed by atoms with E-state index in [-0.39, 0.29) is 17.1 Å². The number of anilines is 1. The van der Waals surface area contributed by atoms with Gasteiger partial charge >= 0.3 is 0 Å². The Morgan fingerprint density at radius 2 is 2.21 bits per heavy atom. The van der Waals surface area contributed by atoms with Crippen LogP contribution < -0.4 is 5.73 Å². The van der Waals surface area contributed by atoms with Crippen LogP contribution in [0.4, 0.5) is 5.95 Å². The summed E-state index contributed by atoms with van der Waals surface area (Å²) in [6.07, 6.45) is 3.76. The van der Waals surface area contributed by atoms with E-state index in [1.807, 2.05) is 30.0 Å². The number of benzene rings is 1. The summed E-state index contributed by atoms with van der Waals surface area (Å²) in [4.78, 5) is 18.7. The van der Waals surface area contributed by atoms with Crippen molar-refractivity contribution in [1.29, 1.82) is 0 Å². The third-order valence-electron chi connectivity index (χ3n) is 4.04. The maximum Gasteiger partial charge on any atom is 0.236 e. The van der Waals surface area contributed by atoms with Crippen LogP contribution in [0.15, 0.2) is 41.6 Å². The molecule has 7 heteroatoms. The highest BCUT2D eigenvalue weighted by atomic mass is 32.2. The molecule has 1 aromatic carbocycles. The Morgan fingerprint density at radius 3 is 2.79 bits per heavy atom. The van der Waals surface area contributed by atoms with Crippen LogP contribution in [0.1, 0.15) is 25.3 Å². The lowest BCUT2D eigenvalue weighted by molar-refractivity contribution is -0.130. The van der Waals surface area contributed by atoms with E-state index >= 15 is 0 Å². The van der Waals surface area contributed by atoms with Gasteiger partial charge in [0.15, 0.2) is 0 Å². The molecule has 0 bridgehead atoms. The summed E-state index contributed by atoms with van der Waals surface area (Å²) < 4.78 is 0. The lowest BCUT2D eigenvalue weighted by atomic mass is 9.99. The summed E-state index contributed by atoms with van der Waals surface area (Å²) in [5.41, 5.74) is 8.09. The van der Waals surface area contributed by atoms with Crippen LogP contribution in [-0.4, -0.2) is 44.3 Å². The first kappa shape index (κ1) is 16.6. The Bertz CT molecular complexity index is 728. The number of aromatic amines is 1. The van der Waals surface area contributed by atoms with Gasteiger partial charge in [0.2, 0.25) is 17.0 Å². The molecule has 0 saturated carbocycles. The molecule has 1 amide bonds. The molecule has 0 saturated heterocycles. The van der Waals surface area contributed by atoms with Crippen molar-refractivity contribution in [2.24, 2.45) is 0 Å². The minimum atomic E-state index is -0.188. The molecule has 0 spiro atoms. The molecule has 3 N–H and O–H groups in total. The number of hydrogen-bond acceptors (Lipinski definition) is 5. The molecule has 2 heterocycles.